The van der Waals surface area contributed by atoms with Gasteiger partial charge < -0.3 is 9.84 Å². The maximum Gasteiger partial charge on any atom is 0.325 e. The molecule has 1 aromatic heterocycles. The number of aliphatic carboxylic acids is 1. The van der Waals surface area contributed by atoms with E-state index in [0.29, 0.717) is 12.4 Å². The third-order valence-corrected chi connectivity index (χ3v) is 1.58. The number of rotatable bonds is 4. The molecular formula is C10H16N2O3. The van der Waals surface area contributed by atoms with Gasteiger partial charge in [-0.05, 0) is 5.41 Å². The Balaban J connectivity index is 2.50. The molecule has 5 heteroatoms. The fraction of sp³-hybridized carbons (Fsp3) is 0.600. The van der Waals surface area contributed by atoms with E-state index in [-0.39, 0.29) is 12.0 Å². The average molecular weight is 212 g/mol. The third-order valence-electron chi connectivity index (χ3n) is 1.58. The zero-order chi connectivity index (χ0) is 11.5. The van der Waals surface area contributed by atoms with Crippen LogP contribution in [0.25, 0.3) is 0 Å². The van der Waals surface area contributed by atoms with Crippen molar-refractivity contribution in [3.05, 3.63) is 12.4 Å². The van der Waals surface area contributed by atoms with Crippen LogP contribution in [0.1, 0.15) is 20.8 Å². The Kier molecular flexibility index (Phi) is 3.34. The molecule has 0 bridgehead atoms. The zero-order valence-corrected chi connectivity index (χ0v) is 9.23. The molecule has 1 aromatic rings. The highest BCUT2D eigenvalue weighted by Gasteiger charge is 2.12. The van der Waals surface area contributed by atoms with Crippen molar-refractivity contribution in [1.29, 1.82) is 0 Å². The highest BCUT2D eigenvalue weighted by atomic mass is 16.5. The van der Waals surface area contributed by atoms with Crippen molar-refractivity contribution in [2.75, 3.05) is 6.61 Å². The Morgan fingerprint density at radius 1 is 1.60 bits per heavy atom. The number of carboxylic acid groups (broad SMARTS) is 1. The zero-order valence-electron chi connectivity index (χ0n) is 9.23. The van der Waals surface area contributed by atoms with E-state index in [9.17, 15) is 4.79 Å². The van der Waals surface area contributed by atoms with Gasteiger partial charge in [-0.3, -0.25) is 9.48 Å². The minimum Gasteiger partial charge on any atom is -0.490 e. The summed E-state index contributed by atoms with van der Waals surface area (Å²) in [5.41, 5.74) is 0.0783. The van der Waals surface area contributed by atoms with Crippen LogP contribution in [0.5, 0.6) is 5.75 Å². The van der Waals surface area contributed by atoms with Gasteiger partial charge in [0.1, 0.15) is 6.54 Å². The Labute approximate surface area is 88.7 Å². The first-order chi connectivity index (χ1) is 6.87. The van der Waals surface area contributed by atoms with Crippen LogP contribution in [-0.2, 0) is 11.3 Å². The molecule has 1 rings (SSSR count). The predicted octanol–water partition coefficient (Wildman–Crippen LogP) is 1.39. The van der Waals surface area contributed by atoms with E-state index in [0.717, 1.165) is 0 Å². The molecule has 0 aliphatic heterocycles. The summed E-state index contributed by atoms with van der Waals surface area (Å²) < 4.78 is 6.79. The largest absolute Gasteiger partial charge is 0.490 e. The molecule has 0 fully saturated rings. The van der Waals surface area contributed by atoms with Gasteiger partial charge in [-0.1, -0.05) is 20.8 Å². The number of ether oxygens (including phenoxy) is 1. The number of carboxylic acids is 1. The van der Waals surface area contributed by atoms with Crippen LogP contribution in [0.2, 0.25) is 0 Å². The van der Waals surface area contributed by atoms with Gasteiger partial charge >= 0.3 is 5.97 Å². The Morgan fingerprint density at radius 2 is 2.27 bits per heavy atom. The van der Waals surface area contributed by atoms with Crippen LogP contribution in [0.4, 0.5) is 0 Å². The smallest absolute Gasteiger partial charge is 0.325 e. The van der Waals surface area contributed by atoms with Crippen LogP contribution in [0.15, 0.2) is 12.4 Å². The quantitative estimate of drug-likeness (QED) is 0.819. The van der Waals surface area contributed by atoms with Gasteiger partial charge in [0, 0.05) is 0 Å². The second kappa shape index (κ2) is 4.33. The topological polar surface area (TPSA) is 64.4 Å². The Bertz CT molecular complexity index is 339. The van der Waals surface area contributed by atoms with Crippen molar-refractivity contribution in [2.24, 2.45) is 5.41 Å². The molecule has 0 saturated heterocycles. The van der Waals surface area contributed by atoms with Gasteiger partial charge in [-0.15, -0.1) is 0 Å². The third kappa shape index (κ3) is 4.49. The summed E-state index contributed by atoms with van der Waals surface area (Å²) in [6.45, 7) is 6.63. The lowest BCUT2D eigenvalue weighted by Gasteiger charge is -2.17. The van der Waals surface area contributed by atoms with E-state index >= 15 is 0 Å². The molecule has 84 valence electrons. The van der Waals surface area contributed by atoms with Crippen LogP contribution in [-0.4, -0.2) is 27.5 Å². The molecule has 1 heterocycles. The first-order valence-corrected chi connectivity index (χ1v) is 4.74. The molecular weight excluding hydrogens is 196 g/mol. The fourth-order valence-corrected chi connectivity index (χ4v) is 0.944. The molecule has 0 aliphatic carbocycles. The molecule has 0 unspecified atom stereocenters. The second-order valence-corrected chi connectivity index (χ2v) is 4.62. The number of aromatic nitrogens is 2. The minimum absolute atomic E-state index is 0.0783. The second-order valence-electron chi connectivity index (χ2n) is 4.62. The van der Waals surface area contributed by atoms with Gasteiger partial charge in [0.15, 0.2) is 5.75 Å². The summed E-state index contributed by atoms with van der Waals surface area (Å²) in [6.07, 6.45) is 3.11. The Hall–Kier alpha value is -1.52. The molecule has 0 spiro atoms. The van der Waals surface area contributed by atoms with Crippen LogP contribution >= 0.6 is 0 Å². The van der Waals surface area contributed by atoms with Crippen molar-refractivity contribution in [1.82, 2.24) is 9.78 Å². The molecule has 0 radical (unpaired) electrons. The summed E-state index contributed by atoms with van der Waals surface area (Å²) in [4.78, 5) is 10.4. The van der Waals surface area contributed by atoms with E-state index in [1.807, 2.05) is 0 Å². The van der Waals surface area contributed by atoms with E-state index in [1.54, 1.807) is 6.20 Å². The molecule has 15 heavy (non-hydrogen) atoms. The van der Waals surface area contributed by atoms with Gasteiger partial charge in [0.2, 0.25) is 0 Å². The summed E-state index contributed by atoms with van der Waals surface area (Å²) in [6, 6.07) is 0. The van der Waals surface area contributed by atoms with Gasteiger partial charge in [-0.2, -0.15) is 5.10 Å². The van der Waals surface area contributed by atoms with Gasteiger partial charge in [-0.25, -0.2) is 0 Å². The predicted molar refractivity (Wildman–Crippen MR) is 54.8 cm³/mol. The van der Waals surface area contributed by atoms with E-state index in [4.69, 9.17) is 9.84 Å². The van der Waals surface area contributed by atoms with Gasteiger partial charge in [0.05, 0.1) is 19.0 Å². The van der Waals surface area contributed by atoms with Crippen molar-refractivity contribution in [3.8, 4) is 5.75 Å². The molecule has 1 N–H and O–H groups in total. The molecule has 0 atom stereocenters. The lowest BCUT2D eigenvalue weighted by Crippen LogP contribution is -2.16. The normalized spacial score (nSPS) is 11.4. The van der Waals surface area contributed by atoms with Crippen molar-refractivity contribution in [3.63, 3.8) is 0 Å². The molecule has 0 saturated carbocycles. The fourth-order valence-electron chi connectivity index (χ4n) is 0.944. The lowest BCUT2D eigenvalue weighted by atomic mass is 9.99. The van der Waals surface area contributed by atoms with Crippen LogP contribution in [0, 0.1) is 5.41 Å². The molecule has 0 aliphatic rings. The van der Waals surface area contributed by atoms with Crippen molar-refractivity contribution >= 4 is 5.97 Å². The highest BCUT2D eigenvalue weighted by molar-refractivity contribution is 5.66. The summed E-state index contributed by atoms with van der Waals surface area (Å²) >= 11 is 0. The summed E-state index contributed by atoms with van der Waals surface area (Å²) in [5, 5.41) is 12.4. The molecule has 0 aromatic carbocycles. The molecule has 0 amide bonds. The number of carbonyl (C=O) groups is 1. The number of hydrogen-bond donors (Lipinski definition) is 1. The van der Waals surface area contributed by atoms with Crippen LogP contribution < -0.4 is 4.74 Å². The number of hydrogen-bond acceptors (Lipinski definition) is 3. The van der Waals surface area contributed by atoms with Gasteiger partial charge in [0.25, 0.3) is 0 Å². The highest BCUT2D eigenvalue weighted by Crippen LogP contribution is 2.16. The van der Waals surface area contributed by atoms with Crippen LogP contribution in [0.3, 0.4) is 0 Å². The first-order valence-electron chi connectivity index (χ1n) is 4.74. The summed E-state index contributed by atoms with van der Waals surface area (Å²) in [5.74, 6) is -0.313. The maximum atomic E-state index is 10.4. The monoisotopic (exact) mass is 212 g/mol. The van der Waals surface area contributed by atoms with E-state index < -0.39 is 5.97 Å². The molecule has 5 nitrogen and oxygen atoms in total. The van der Waals surface area contributed by atoms with Crippen molar-refractivity contribution < 1.29 is 14.6 Å². The SMILES string of the molecule is CC(C)(C)COc1cnn(CC(=O)O)c1. The minimum atomic E-state index is -0.916. The number of nitrogens with zero attached hydrogens (tertiary/aromatic N) is 2. The maximum absolute atomic E-state index is 10.4. The Morgan fingerprint density at radius 3 is 2.80 bits per heavy atom. The van der Waals surface area contributed by atoms with Crippen molar-refractivity contribution in [2.45, 2.75) is 27.3 Å². The lowest BCUT2D eigenvalue weighted by molar-refractivity contribution is -0.137. The first kappa shape index (κ1) is 11.6. The van der Waals surface area contributed by atoms with E-state index in [1.165, 1.54) is 10.9 Å². The average Bonchev–Trinajstić information content (AvgIpc) is 2.46. The van der Waals surface area contributed by atoms with E-state index in [2.05, 4.69) is 25.9 Å². The summed E-state index contributed by atoms with van der Waals surface area (Å²) in [7, 11) is 0. The standard InChI is InChI=1S/C10H16N2O3/c1-10(2,3)7-15-8-4-11-12(5-8)6-9(13)14/h4-5H,6-7H2,1-3H3,(H,13,14).